The minimum absolute atomic E-state index is 0.0777. The van der Waals surface area contributed by atoms with E-state index < -0.39 is 10.0 Å². The van der Waals surface area contributed by atoms with Gasteiger partial charge in [0.15, 0.2) is 0 Å². The zero-order valence-corrected chi connectivity index (χ0v) is 19.1. The molecule has 0 bridgehead atoms. The molecule has 1 amide bonds. The van der Waals surface area contributed by atoms with Crippen LogP contribution in [0.15, 0.2) is 77.7 Å². The lowest BCUT2D eigenvalue weighted by molar-refractivity contribution is -0.117. The third-order valence-corrected chi connectivity index (χ3v) is 7.44. The smallest absolute Gasteiger partial charge is 0.264 e. The molecule has 1 aliphatic heterocycles. The highest BCUT2D eigenvalue weighted by atomic mass is 35.5. The third kappa shape index (κ3) is 4.31. The van der Waals surface area contributed by atoms with Crippen molar-refractivity contribution in [1.29, 1.82) is 0 Å². The van der Waals surface area contributed by atoms with Crippen LogP contribution in [-0.4, -0.2) is 34.5 Å². The van der Waals surface area contributed by atoms with Crippen molar-refractivity contribution < 1.29 is 17.9 Å². The Morgan fingerprint density at radius 3 is 2.53 bits per heavy atom. The SMILES string of the molecule is COc1ccc(Cl)cc1N(CC(=O)N1CCCc2ccccc21)S(=O)(=O)c1ccccc1. The molecular formula is C24H23ClN2O4S. The number of aryl methyl sites for hydroxylation is 1. The molecule has 0 saturated carbocycles. The molecule has 0 saturated heterocycles. The van der Waals surface area contributed by atoms with Crippen LogP contribution >= 0.6 is 11.6 Å². The van der Waals surface area contributed by atoms with Gasteiger partial charge in [0.05, 0.1) is 17.7 Å². The summed E-state index contributed by atoms with van der Waals surface area (Å²) in [6, 6.07) is 20.4. The van der Waals surface area contributed by atoms with Crippen molar-refractivity contribution in [3.05, 3.63) is 83.4 Å². The molecular weight excluding hydrogens is 448 g/mol. The largest absolute Gasteiger partial charge is 0.495 e. The molecule has 0 aromatic heterocycles. The second kappa shape index (κ2) is 9.22. The summed E-state index contributed by atoms with van der Waals surface area (Å²) in [5.74, 6) is -0.0144. The number of anilines is 2. The number of carbonyl (C=O) groups excluding carboxylic acids is 1. The highest BCUT2D eigenvalue weighted by molar-refractivity contribution is 7.92. The number of fused-ring (bicyclic) bond motifs is 1. The van der Waals surface area contributed by atoms with Crippen molar-refractivity contribution in [2.45, 2.75) is 17.7 Å². The summed E-state index contributed by atoms with van der Waals surface area (Å²) in [4.78, 5) is 15.2. The Morgan fingerprint density at radius 1 is 1.06 bits per heavy atom. The highest BCUT2D eigenvalue weighted by Gasteiger charge is 2.32. The molecule has 6 nitrogen and oxygen atoms in total. The number of sulfonamides is 1. The summed E-state index contributed by atoms with van der Waals surface area (Å²) in [7, 11) is -2.62. The van der Waals surface area contributed by atoms with E-state index in [1.165, 1.54) is 25.3 Å². The first-order valence-electron chi connectivity index (χ1n) is 10.2. The van der Waals surface area contributed by atoms with E-state index >= 15 is 0 Å². The second-order valence-electron chi connectivity index (χ2n) is 7.42. The molecule has 32 heavy (non-hydrogen) atoms. The normalized spacial score (nSPS) is 13.4. The molecule has 3 aromatic rings. The molecule has 0 N–H and O–H groups in total. The van der Waals surface area contributed by atoms with Crippen molar-refractivity contribution in [3.8, 4) is 5.75 Å². The first-order chi connectivity index (χ1) is 15.4. The molecule has 3 aromatic carbocycles. The molecule has 166 valence electrons. The Balaban J connectivity index is 1.78. The number of para-hydroxylation sites is 1. The molecule has 8 heteroatoms. The maximum absolute atomic E-state index is 13.6. The Morgan fingerprint density at radius 2 is 1.78 bits per heavy atom. The number of ether oxygens (including phenoxy) is 1. The van der Waals surface area contributed by atoms with Crippen LogP contribution in [0.3, 0.4) is 0 Å². The minimum Gasteiger partial charge on any atom is -0.495 e. The van der Waals surface area contributed by atoms with Crippen molar-refractivity contribution >= 4 is 38.9 Å². The van der Waals surface area contributed by atoms with Gasteiger partial charge in [0.2, 0.25) is 5.91 Å². The summed E-state index contributed by atoms with van der Waals surface area (Å²) >= 11 is 6.19. The van der Waals surface area contributed by atoms with Crippen LogP contribution in [0, 0.1) is 0 Å². The number of methoxy groups -OCH3 is 1. The highest BCUT2D eigenvalue weighted by Crippen LogP contribution is 2.35. The number of hydrogen-bond donors (Lipinski definition) is 0. The van der Waals surface area contributed by atoms with E-state index in [1.54, 1.807) is 35.2 Å². The van der Waals surface area contributed by atoms with Crippen molar-refractivity contribution in [2.75, 3.05) is 29.4 Å². The van der Waals surface area contributed by atoms with Crippen LogP contribution in [0.4, 0.5) is 11.4 Å². The first kappa shape index (κ1) is 22.2. The van der Waals surface area contributed by atoms with Gasteiger partial charge in [-0.05, 0) is 54.8 Å². The average Bonchev–Trinajstić information content (AvgIpc) is 2.82. The molecule has 0 spiro atoms. The maximum Gasteiger partial charge on any atom is 0.264 e. The predicted molar refractivity (Wildman–Crippen MR) is 126 cm³/mol. The van der Waals surface area contributed by atoms with E-state index in [9.17, 15) is 13.2 Å². The van der Waals surface area contributed by atoms with Gasteiger partial charge < -0.3 is 9.64 Å². The molecule has 1 aliphatic rings. The third-order valence-electron chi connectivity index (χ3n) is 5.43. The van der Waals surface area contributed by atoms with Crippen LogP contribution in [0.2, 0.25) is 5.02 Å². The second-order valence-corrected chi connectivity index (χ2v) is 9.72. The molecule has 4 rings (SSSR count). The molecule has 0 atom stereocenters. The van der Waals surface area contributed by atoms with Crippen LogP contribution in [-0.2, 0) is 21.2 Å². The van der Waals surface area contributed by atoms with E-state index in [4.69, 9.17) is 16.3 Å². The van der Waals surface area contributed by atoms with Gasteiger partial charge in [-0.2, -0.15) is 0 Å². The average molecular weight is 471 g/mol. The lowest BCUT2D eigenvalue weighted by Crippen LogP contribution is -2.45. The quantitative estimate of drug-likeness (QED) is 0.531. The number of hydrogen-bond acceptors (Lipinski definition) is 4. The number of nitrogens with zero attached hydrogens (tertiary/aromatic N) is 2. The Labute approximate surface area is 193 Å². The van der Waals surface area contributed by atoms with E-state index in [0.717, 1.165) is 28.4 Å². The Kier molecular flexibility index (Phi) is 6.39. The molecule has 0 unspecified atom stereocenters. The van der Waals surface area contributed by atoms with Crippen molar-refractivity contribution in [1.82, 2.24) is 0 Å². The number of benzene rings is 3. The van der Waals surface area contributed by atoms with E-state index in [-0.39, 0.29) is 23.0 Å². The molecule has 0 aliphatic carbocycles. The summed E-state index contributed by atoms with van der Waals surface area (Å²) in [6.45, 7) is 0.143. The van der Waals surface area contributed by atoms with Gasteiger partial charge in [-0.1, -0.05) is 48.0 Å². The van der Waals surface area contributed by atoms with Gasteiger partial charge in [-0.3, -0.25) is 9.10 Å². The molecule has 0 fully saturated rings. The van der Waals surface area contributed by atoms with Gasteiger partial charge >= 0.3 is 0 Å². The van der Waals surface area contributed by atoms with Gasteiger partial charge in [0.1, 0.15) is 12.3 Å². The summed E-state index contributed by atoms with van der Waals surface area (Å²) in [5, 5.41) is 0.338. The van der Waals surface area contributed by atoms with Crippen molar-refractivity contribution in [3.63, 3.8) is 0 Å². The Bertz CT molecular complexity index is 1230. The van der Waals surface area contributed by atoms with Crippen LogP contribution in [0.25, 0.3) is 0 Å². The zero-order chi connectivity index (χ0) is 22.7. The fourth-order valence-corrected chi connectivity index (χ4v) is 5.48. The van der Waals surface area contributed by atoms with Gasteiger partial charge in [-0.25, -0.2) is 8.42 Å². The summed E-state index contributed by atoms with van der Waals surface area (Å²) in [5.41, 5.74) is 2.10. The lowest BCUT2D eigenvalue weighted by Gasteiger charge is -2.32. The van der Waals surface area contributed by atoms with E-state index in [2.05, 4.69) is 0 Å². The summed E-state index contributed by atoms with van der Waals surface area (Å²) < 4.78 is 33.7. The zero-order valence-electron chi connectivity index (χ0n) is 17.6. The molecule has 1 heterocycles. The predicted octanol–water partition coefficient (Wildman–Crippen LogP) is 4.52. The van der Waals surface area contributed by atoms with Gasteiger partial charge in [-0.15, -0.1) is 0 Å². The number of amides is 1. The maximum atomic E-state index is 13.6. The monoisotopic (exact) mass is 470 g/mol. The van der Waals surface area contributed by atoms with Gasteiger partial charge in [0.25, 0.3) is 10.0 Å². The van der Waals surface area contributed by atoms with Crippen LogP contribution in [0.5, 0.6) is 5.75 Å². The topological polar surface area (TPSA) is 66.9 Å². The Hall–Kier alpha value is -3.03. The number of halogens is 1. The van der Waals surface area contributed by atoms with E-state index in [1.807, 2.05) is 24.3 Å². The number of rotatable bonds is 6. The number of carbonyl (C=O) groups is 1. The van der Waals surface area contributed by atoms with Crippen molar-refractivity contribution in [2.24, 2.45) is 0 Å². The minimum atomic E-state index is -4.07. The fraction of sp³-hybridized carbons (Fsp3) is 0.208. The standard InChI is InChI=1S/C24H23ClN2O4S/c1-31-23-14-13-19(25)16-22(23)27(32(29,30)20-10-3-2-4-11-20)17-24(28)26-15-7-9-18-8-5-6-12-21(18)26/h2-6,8,10-14,16H,7,9,15,17H2,1H3. The molecule has 0 radical (unpaired) electrons. The van der Waals surface area contributed by atoms with Crippen LogP contribution < -0.4 is 13.9 Å². The van der Waals surface area contributed by atoms with Gasteiger partial charge in [0, 0.05) is 17.3 Å². The first-order valence-corrected chi connectivity index (χ1v) is 12.0. The fourth-order valence-electron chi connectivity index (χ4n) is 3.88. The summed E-state index contributed by atoms with van der Waals surface area (Å²) in [6.07, 6.45) is 1.70. The van der Waals surface area contributed by atoms with E-state index in [0.29, 0.717) is 17.3 Å². The van der Waals surface area contributed by atoms with Crippen LogP contribution in [0.1, 0.15) is 12.0 Å². The lowest BCUT2D eigenvalue weighted by atomic mass is 10.0.